The molecule has 49 heavy (non-hydrogen) atoms. The highest BCUT2D eigenvalue weighted by molar-refractivity contribution is 7.85. The molecule has 16 heteroatoms. The van der Waals surface area contributed by atoms with Gasteiger partial charge in [0.05, 0.1) is 11.3 Å². The molecule has 0 unspecified atom stereocenters. The Bertz CT molecular complexity index is 1530. The molecule has 1 atom stereocenters. The third kappa shape index (κ3) is 12.2. The molecule has 2 saturated heterocycles. The van der Waals surface area contributed by atoms with E-state index < -0.39 is 45.5 Å². The van der Waals surface area contributed by atoms with Gasteiger partial charge in [-0.3, -0.25) is 14.1 Å². The number of carbonyl (C=O) groups is 2. The highest BCUT2D eigenvalue weighted by atomic mass is 32.2. The third-order valence-corrected chi connectivity index (χ3v) is 9.99. The summed E-state index contributed by atoms with van der Waals surface area (Å²) in [4.78, 5) is 36.3. The fourth-order valence-electron chi connectivity index (χ4n) is 6.47. The largest absolute Gasteiger partial charge is 0.451 e. The van der Waals surface area contributed by atoms with Crippen molar-refractivity contribution in [1.82, 2.24) is 9.97 Å². The minimum Gasteiger partial charge on any atom is -0.356 e. The molecular weight excluding hydrogens is 678 g/mol. The second-order valence-electron chi connectivity index (χ2n) is 13.0. The minimum atomic E-state index is -4.78. The number of hydrogen-bond acceptors (Lipinski definition) is 8. The van der Waals surface area contributed by atoms with Crippen molar-refractivity contribution in [1.29, 1.82) is 0 Å². The fraction of sp³-hybridized carbons (Fsp3) is 0.636. The van der Waals surface area contributed by atoms with Crippen LogP contribution in [0.3, 0.4) is 0 Å². The normalized spacial score (nSPS) is 18.1. The minimum absolute atomic E-state index is 0.0381. The molecule has 0 radical (unpaired) electrons. The Kier molecular flexibility index (Phi) is 13.1. The number of ketones is 2. The van der Waals surface area contributed by atoms with E-state index >= 15 is 0 Å². The van der Waals surface area contributed by atoms with Crippen LogP contribution in [0.5, 0.6) is 0 Å². The molecule has 1 aromatic heterocycles. The quantitative estimate of drug-likeness (QED) is 0.154. The molecule has 9 nitrogen and oxygen atoms in total. The molecular formula is C33H42F6N4O5S. The average Bonchev–Trinajstić information content (AvgIpc) is 3.04. The van der Waals surface area contributed by atoms with Crippen LogP contribution in [0.2, 0.25) is 0 Å². The Hall–Kier alpha value is -3.27. The van der Waals surface area contributed by atoms with E-state index in [1.54, 1.807) is 9.80 Å². The van der Waals surface area contributed by atoms with Gasteiger partial charge in [0.1, 0.15) is 23.2 Å². The molecule has 0 saturated carbocycles. The first-order chi connectivity index (χ1) is 23.0. The average molecular weight is 721 g/mol. The van der Waals surface area contributed by atoms with E-state index in [0.717, 1.165) is 18.6 Å². The number of hydrogen-bond donors (Lipinski definition) is 1. The standard InChI is InChI=1S/C33H42F6N4O5S/c34-32(35,36)26-13-11-23(12-14-26)6-2-10-28(45)25-7-3-17-43(22-25)30-21-29(40-31(41-30)33(37,38)39)42-18-15-24(16-19-42)5-1-8-27(44)9-4-20-49(46,47)48/h11-14,21,24-25H,1-10,15-20,22H2,(H,46,47,48)/t25-/m1/s1. The Labute approximate surface area is 282 Å². The molecule has 2 fully saturated rings. The molecule has 272 valence electrons. The number of aryl methyl sites for hydroxylation is 1. The smallest absolute Gasteiger partial charge is 0.356 e. The second kappa shape index (κ2) is 16.6. The fourth-order valence-corrected chi connectivity index (χ4v) is 6.98. The first kappa shape index (κ1) is 38.5. The summed E-state index contributed by atoms with van der Waals surface area (Å²) in [5.41, 5.74) is -0.0534. The van der Waals surface area contributed by atoms with E-state index in [9.17, 15) is 44.3 Å². The van der Waals surface area contributed by atoms with E-state index in [-0.39, 0.29) is 54.9 Å². The lowest BCUT2D eigenvalue weighted by Gasteiger charge is -2.35. The van der Waals surface area contributed by atoms with Crippen molar-refractivity contribution >= 4 is 33.3 Å². The Morgan fingerprint density at radius 2 is 1.45 bits per heavy atom. The Morgan fingerprint density at radius 3 is 2.06 bits per heavy atom. The van der Waals surface area contributed by atoms with E-state index in [4.69, 9.17) is 4.55 Å². The topological polar surface area (TPSA) is 121 Å². The number of alkyl halides is 6. The number of aromatic nitrogens is 2. The monoisotopic (exact) mass is 720 g/mol. The molecule has 2 aliphatic rings. The molecule has 1 N–H and O–H groups in total. The van der Waals surface area contributed by atoms with Gasteiger partial charge in [-0.1, -0.05) is 12.1 Å². The van der Waals surface area contributed by atoms with Crippen molar-refractivity contribution in [3.63, 3.8) is 0 Å². The lowest BCUT2D eigenvalue weighted by Crippen LogP contribution is -2.40. The molecule has 0 bridgehead atoms. The van der Waals surface area contributed by atoms with Crippen LogP contribution in [0.4, 0.5) is 38.0 Å². The summed E-state index contributed by atoms with van der Waals surface area (Å²) < 4.78 is 111. The third-order valence-electron chi connectivity index (χ3n) is 9.19. The van der Waals surface area contributed by atoms with Gasteiger partial charge in [0.15, 0.2) is 0 Å². The number of anilines is 2. The number of halogens is 6. The summed E-state index contributed by atoms with van der Waals surface area (Å²) in [5.74, 6) is -1.68. The molecule has 0 aliphatic carbocycles. The molecule has 0 amide bonds. The van der Waals surface area contributed by atoms with E-state index in [1.165, 1.54) is 18.2 Å². The Balaban J connectivity index is 1.30. The van der Waals surface area contributed by atoms with Crippen molar-refractivity contribution in [2.24, 2.45) is 11.8 Å². The first-order valence-electron chi connectivity index (χ1n) is 16.6. The van der Waals surface area contributed by atoms with E-state index in [2.05, 4.69) is 9.97 Å². The summed E-state index contributed by atoms with van der Waals surface area (Å²) in [5, 5.41) is 0. The number of piperidine rings is 2. The molecule has 0 spiro atoms. The zero-order valence-electron chi connectivity index (χ0n) is 27.1. The van der Waals surface area contributed by atoms with Crippen LogP contribution in [0.15, 0.2) is 30.3 Å². The Morgan fingerprint density at radius 1 is 0.816 bits per heavy atom. The van der Waals surface area contributed by atoms with Crippen molar-refractivity contribution in [2.75, 3.05) is 41.7 Å². The van der Waals surface area contributed by atoms with Gasteiger partial charge in [0, 0.05) is 57.4 Å². The van der Waals surface area contributed by atoms with Gasteiger partial charge in [-0.2, -0.15) is 34.8 Å². The zero-order valence-corrected chi connectivity index (χ0v) is 27.9. The summed E-state index contributed by atoms with van der Waals surface area (Å²) >= 11 is 0. The molecule has 2 aliphatic heterocycles. The number of rotatable bonds is 15. The van der Waals surface area contributed by atoms with Gasteiger partial charge < -0.3 is 9.80 Å². The summed E-state index contributed by atoms with van der Waals surface area (Å²) in [6.07, 6.45) is -3.72. The summed E-state index contributed by atoms with van der Waals surface area (Å²) in [6.45, 7) is 1.59. The number of Topliss-reactive ketones (excluding diaryl/α,β-unsaturated/α-hetero) is 2. The second-order valence-corrected chi connectivity index (χ2v) is 14.5. The lowest BCUT2D eigenvalue weighted by atomic mass is 9.90. The number of benzene rings is 1. The maximum atomic E-state index is 13.9. The van der Waals surface area contributed by atoms with Crippen LogP contribution < -0.4 is 9.80 Å². The van der Waals surface area contributed by atoms with E-state index in [1.807, 2.05) is 0 Å². The van der Waals surface area contributed by atoms with Gasteiger partial charge in [-0.25, -0.2) is 9.97 Å². The molecule has 4 rings (SSSR count). The maximum Gasteiger partial charge on any atom is 0.451 e. The van der Waals surface area contributed by atoms with Crippen molar-refractivity contribution in [3.05, 3.63) is 47.3 Å². The highest BCUT2D eigenvalue weighted by Gasteiger charge is 2.37. The zero-order chi connectivity index (χ0) is 35.8. The highest BCUT2D eigenvalue weighted by Crippen LogP contribution is 2.34. The number of carbonyl (C=O) groups excluding carboxylic acids is 2. The first-order valence-corrected chi connectivity index (χ1v) is 18.2. The van der Waals surface area contributed by atoms with Crippen LogP contribution in [-0.2, 0) is 38.5 Å². The van der Waals surface area contributed by atoms with E-state index in [0.29, 0.717) is 76.6 Å². The van der Waals surface area contributed by atoms with Gasteiger partial charge in [0.25, 0.3) is 10.1 Å². The van der Waals surface area contributed by atoms with Crippen LogP contribution in [0.25, 0.3) is 0 Å². The summed E-state index contributed by atoms with van der Waals surface area (Å²) in [7, 11) is -4.09. The van der Waals surface area contributed by atoms with Crippen molar-refractivity contribution in [2.45, 2.75) is 89.4 Å². The predicted octanol–water partition coefficient (Wildman–Crippen LogP) is 6.95. The molecule has 1 aromatic carbocycles. The summed E-state index contributed by atoms with van der Waals surface area (Å²) in [6, 6.07) is 6.36. The van der Waals surface area contributed by atoms with Gasteiger partial charge in [-0.15, -0.1) is 0 Å². The predicted molar refractivity (Wildman–Crippen MR) is 171 cm³/mol. The SMILES string of the molecule is O=C(CCCC1CCN(c2cc(N3CCC[C@@H](C(=O)CCCc4ccc(C(F)(F)F)cc4)C3)nc(C(F)(F)F)n2)CC1)CCCS(=O)(=O)O. The van der Waals surface area contributed by atoms with Gasteiger partial charge in [-0.05, 0) is 81.4 Å². The van der Waals surface area contributed by atoms with Crippen LogP contribution in [-0.4, -0.2) is 66.4 Å². The maximum absolute atomic E-state index is 13.9. The molecule has 2 aromatic rings. The van der Waals surface area contributed by atoms with Crippen molar-refractivity contribution in [3.8, 4) is 0 Å². The molecule has 3 heterocycles. The van der Waals surface area contributed by atoms with Crippen molar-refractivity contribution < 1.29 is 48.9 Å². The van der Waals surface area contributed by atoms with Crippen LogP contribution >= 0.6 is 0 Å². The van der Waals surface area contributed by atoms with Gasteiger partial charge in [0.2, 0.25) is 5.82 Å². The lowest BCUT2D eigenvalue weighted by molar-refractivity contribution is -0.145. The van der Waals surface area contributed by atoms with Gasteiger partial charge >= 0.3 is 12.4 Å². The van der Waals surface area contributed by atoms with Crippen LogP contribution in [0.1, 0.15) is 87.6 Å². The number of nitrogens with zero attached hydrogens (tertiary/aromatic N) is 4. The van der Waals surface area contributed by atoms with Crippen LogP contribution in [0, 0.1) is 11.8 Å².